The number of hydrogen-bond acceptors (Lipinski definition) is 3. The molecule has 3 rings (SSSR count). The average molecular weight is 260 g/mol. The Balaban J connectivity index is 2.51. The number of fused-ring (bicyclic) bond motifs is 2. The largest absolute Gasteiger partial charge is 0.744 e. The van der Waals surface area contributed by atoms with Gasteiger partial charge in [0.15, 0.2) is 4.90 Å². The normalized spacial score (nSPS) is 12.1. The number of para-hydroxylation sites is 2. The zero-order chi connectivity index (χ0) is 12.8. The summed E-state index contributed by atoms with van der Waals surface area (Å²) < 4.78 is 39.0. The Hall–Kier alpha value is -1.98. The van der Waals surface area contributed by atoms with Gasteiger partial charge in [-0.2, -0.15) is 0 Å². The molecule has 0 radical (unpaired) electrons. The van der Waals surface area contributed by atoms with Crippen molar-refractivity contribution in [1.29, 1.82) is 0 Å². The molecule has 0 aliphatic heterocycles. The van der Waals surface area contributed by atoms with E-state index in [1.807, 2.05) is 12.1 Å². The van der Waals surface area contributed by atoms with Crippen LogP contribution < -0.4 is 0 Å². The van der Waals surface area contributed by atoms with Crippen LogP contribution in [0, 0.1) is 0 Å². The van der Waals surface area contributed by atoms with Crippen LogP contribution in [0.1, 0.15) is 0 Å². The van der Waals surface area contributed by atoms with Gasteiger partial charge in [-0.1, -0.05) is 18.2 Å². The molecule has 0 N–H and O–H groups in total. The first-order chi connectivity index (χ1) is 8.55. The Morgan fingerprint density at radius 3 is 2.44 bits per heavy atom. The van der Waals surface area contributed by atoms with Crippen LogP contribution in [0.4, 0.5) is 0 Å². The fourth-order valence-electron chi connectivity index (χ4n) is 1.92. The van der Waals surface area contributed by atoms with E-state index in [1.54, 1.807) is 24.3 Å². The topological polar surface area (TPSA) is 68.5 Å². The Bertz CT molecular complexity index is 853. The Morgan fingerprint density at radius 2 is 1.67 bits per heavy atom. The molecule has 5 heteroatoms. The number of rotatable bonds is 1. The molecule has 2 aromatic carbocycles. The molecule has 1 heterocycles. The molecule has 4 nitrogen and oxygen atoms in total. The molecule has 0 aliphatic rings. The molecule has 0 unspecified atom stereocenters. The minimum atomic E-state index is -4.54. The standard InChI is InChI=1S/C13H8O4S/c14-18(15,16)12-7-3-5-10-8-9-4-1-2-6-11(9)17-13(10)12/h1-8H. The van der Waals surface area contributed by atoms with Crippen LogP contribution in [0.5, 0.6) is 0 Å². The van der Waals surface area contributed by atoms with E-state index in [2.05, 4.69) is 0 Å². The van der Waals surface area contributed by atoms with Gasteiger partial charge in [-0.05, 0) is 24.3 Å². The highest BCUT2D eigenvalue weighted by Gasteiger charge is 2.19. The van der Waals surface area contributed by atoms with Gasteiger partial charge in [0.2, 0.25) is 0 Å². The van der Waals surface area contributed by atoms with Crippen LogP contribution in [-0.2, 0) is 10.1 Å². The smallest absolute Gasteiger partial charge is 0.378 e. The van der Waals surface area contributed by atoms with Gasteiger partial charge < -0.3 is 4.55 Å². The first-order valence-corrected chi connectivity index (χ1v) is 6.67. The molecule has 0 amide bonds. The van der Waals surface area contributed by atoms with Crippen molar-refractivity contribution in [2.75, 3.05) is 0 Å². The maximum Gasteiger partial charge on any atom is 0.378 e. The molecule has 18 heavy (non-hydrogen) atoms. The van der Waals surface area contributed by atoms with Gasteiger partial charge >= 0.3 is 11.2 Å². The summed E-state index contributed by atoms with van der Waals surface area (Å²) in [6.07, 6.45) is 0. The fourth-order valence-corrected chi connectivity index (χ4v) is 2.55. The van der Waals surface area contributed by atoms with Crippen molar-refractivity contribution in [3.63, 3.8) is 0 Å². The third-order valence-electron chi connectivity index (χ3n) is 2.72. The van der Waals surface area contributed by atoms with Gasteiger partial charge in [0.25, 0.3) is 0 Å². The first-order valence-electron chi connectivity index (χ1n) is 5.26. The van der Waals surface area contributed by atoms with Crippen LogP contribution in [-0.4, -0.2) is 13.0 Å². The highest BCUT2D eigenvalue weighted by atomic mass is 32.2. The predicted octanol–water partition coefficient (Wildman–Crippen LogP) is 2.77. The summed E-state index contributed by atoms with van der Waals surface area (Å²) in [7, 11) is -4.54. The Morgan fingerprint density at radius 1 is 0.944 bits per heavy atom. The number of hydrogen-bond donors (Lipinski definition) is 0. The van der Waals surface area contributed by atoms with E-state index in [9.17, 15) is 13.0 Å². The molecule has 0 saturated carbocycles. The monoisotopic (exact) mass is 260 g/mol. The van der Waals surface area contributed by atoms with Crippen molar-refractivity contribution < 1.29 is 17.4 Å². The van der Waals surface area contributed by atoms with Crippen molar-refractivity contribution in [2.45, 2.75) is 4.90 Å². The molecule has 3 aromatic rings. The van der Waals surface area contributed by atoms with Gasteiger partial charge in [-0.3, -0.25) is 0 Å². The summed E-state index contributed by atoms with van der Waals surface area (Å²) in [5, 5.41) is 1.44. The molecule has 0 atom stereocenters. The SMILES string of the molecule is O=S(=O)([O-])c1cccc2cc3ccccc3[o+]c12. The first kappa shape index (κ1) is 11.1. The minimum absolute atomic E-state index is 0.103. The van der Waals surface area contributed by atoms with E-state index in [-0.39, 0.29) is 10.5 Å². The lowest BCUT2D eigenvalue weighted by Gasteiger charge is -2.04. The Labute approximate surface area is 103 Å². The summed E-state index contributed by atoms with van der Waals surface area (Å²) in [6.45, 7) is 0. The maximum atomic E-state index is 11.2. The summed E-state index contributed by atoms with van der Waals surface area (Å²) in [5.74, 6) is 0. The minimum Gasteiger partial charge on any atom is -0.744 e. The van der Waals surface area contributed by atoms with E-state index in [0.29, 0.717) is 11.0 Å². The van der Waals surface area contributed by atoms with E-state index < -0.39 is 10.1 Å². The summed E-state index contributed by atoms with van der Waals surface area (Å²) in [5.41, 5.74) is 0.646. The van der Waals surface area contributed by atoms with Gasteiger partial charge in [-0.25, -0.2) is 12.8 Å². The van der Waals surface area contributed by atoms with Gasteiger partial charge in [0, 0.05) is 6.07 Å². The van der Waals surface area contributed by atoms with E-state index >= 15 is 0 Å². The molecular formula is C13H8O4S. The second-order valence-corrected chi connectivity index (χ2v) is 5.26. The van der Waals surface area contributed by atoms with Crippen LogP contribution >= 0.6 is 0 Å². The second-order valence-electron chi connectivity index (χ2n) is 3.91. The zero-order valence-electron chi connectivity index (χ0n) is 9.16. The molecule has 1 aromatic heterocycles. The van der Waals surface area contributed by atoms with Crippen molar-refractivity contribution >= 4 is 32.1 Å². The zero-order valence-corrected chi connectivity index (χ0v) is 9.98. The van der Waals surface area contributed by atoms with Gasteiger partial charge in [0.1, 0.15) is 10.1 Å². The molecule has 0 fully saturated rings. The molecule has 0 saturated heterocycles. The lowest BCUT2D eigenvalue weighted by Crippen LogP contribution is -1.99. The highest BCUT2D eigenvalue weighted by Crippen LogP contribution is 2.27. The predicted molar refractivity (Wildman–Crippen MR) is 66.1 cm³/mol. The summed E-state index contributed by atoms with van der Waals surface area (Å²) >= 11 is 0. The lowest BCUT2D eigenvalue weighted by atomic mass is 10.1. The Kier molecular flexibility index (Phi) is 2.33. The second kappa shape index (κ2) is 3.76. The van der Waals surface area contributed by atoms with Crippen LogP contribution in [0.2, 0.25) is 0 Å². The molecule has 0 bridgehead atoms. The quantitative estimate of drug-likeness (QED) is 0.383. The van der Waals surface area contributed by atoms with Crippen molar-refractivity contribution in [1.82, 2.24) is 0 Å². The van der Waals surface area contributed by atoms with Crippen molar-refractivity contribution in [3.8, 4) is 0 Å². The average Bonchev–Trinajstić information content (AvgIpc) is 2.34. The van der Waals surface area contributed by atoms with E-state index in [4.69, 9.17) is 4.42 Å². The molecular weight excluding hydrogens is 252 g/mol. The summed E-state index contributed by atoms with van der Waals surface area (Å²) in [4.78, 5) is -0.328. The van der Waals surface area contributed by atoms with E-state index in [1.165, 1.54) is 12.1 Å². The van der Waals surface area contributed by atoms with Crippen LogP contribution in [0.15, 0.2) is 57.8 Å². The van der Waals surface area contributed by atoms with Crippen molar-refractivity contribution in [2.24, 2.45) is 0 Å². The van der Waals surface area contributed by atoms with E-state index in [0.717, 1.165) is 5.39 Å². The number of benzene rings is 2. The highest BCUT2D eigenvalue weighted by molar-refractivity contribution is 7.86. The lowest BCUT2D eigenvalue weighted by molar-refractivity contribution is 0.462. The van der Waals surface area contributed by atoms with Gasteiger partial charge in [-0.15, -0.1) is 0 Å². The molecule has 90 valence electrons. The maximum absolute atomic E-state index is 11.2. The third-order valence-corrected chi connectivity index (χ3v) is 3.58. The molecule has 0 spiro atoms. The van der Waals surface area contributed by atoms with Crippen LogP contribution in [0.3, 0.4) is 0 Å². The van der Waals surface area contributed by atoms with Gasteiger partial charge in [0.05, 0.1) is 10.8 Å². The summed E-state index contributed by atoms with van der Waals surface area (Å²) in [6, 6.07) is 13.5. The van der Waals surface area contributed by atoms with Crippen molar-refractivity contribution in [3.05, 3.63) is 48.5 Å². The fraction of sp³-hybridized carbons (Fsp3) is 0. The van der Waals surface area contributed by atoms with Crippen LogP contribution in [0.25, 0.3) is 21.9 Å². The molecule has 0 aliphatic carbocycles. The third kappa shape index (κ3) is 1.73.